The molecule has 0 fully saturated rings. The topological polar surface area (TPSA) is 28.2 Å². The Labute approximate surface area is 123 Å². The molecule has 0 bridgehead atoms. The second kappa shape index (κ2) is 7.13. The third kappa shape index (κ3) is 3.98. The lowest BCUT2D eigenvalue weighted by Crippen LogP contribution is -2.23. The molecule has 0 aliphatic carbocycles. The van der Waals surface area contributed by atoms with E-state index in [1.807, 2.05) is 12.1 Å². The van der Waals surface area contributed by atoms with Crippen molar-refractivity contribution in [1.29, 1.82) is 0 Å². The maximum absolute atomic E-state index is 14.1. The van der Waals surface area contributed by atoms with E-state index in [1.54, 1.807) is 31.4 Å². The fourth-order valence-corrected chi connectivity index (χ4v) is 2.25. The Hall–Kier alpha value is -2.01. The van der Waals surface area contributed by atoms with Gasteiger partial charge in [0.25, 0.3) is 0 Å². The van der Waals surface area contributed by atoms with Crippen molar-refractivity contribution in [3.05, 3.63) is 59.4 Å². The molecular formula is C16H19F2N3. The van der Waals surface area contributed by atoms with E-state index < -0.39 is 11.6 Å². The zero-order valence-corrected chi connectivity index (χ0v) is 12.2. The van der Waals surface area contributed by atoms with Gasteiger partial charge >= 0.3 is 0 Å². The van der Waals surface area contributed by atoms with Crippen molar-refractivity contribution in [2.45, 2.75) is 13.0 Å². The van der Waals surface area contributed by atoms with Gasteiger partial charge in [-0.05, 0) is 48.9 Å². The van der Waals surface area contributed by atoms with Crippen LogP contribution in [0.2, 0.25) is 0 Å². The van der Waals surface area contributed by atoms with Crippen LogP contribution in [-0.2, 0) is 13.0 Å². The minimum absolute atomic E-state index is 0.0175. The SMILES string of the molecule is CNCc1cc(F)c(N(C)CCc2ccncc2)c(F)c1. The van der Waals surface area contributed by atoms with E-state index in [0.717, 1.165) is 5.56 Å². The number of hydrogen-bond acceptors (Lipinski definition) is 3. The lowest BCUT2D eigenvalue weighted by atomic mass is 10.1. The van der Waals surface area contributed by atoms with E-state index in [-0.39, 0.29) is 5.69 Å². The van der Waals surface area contributed by atoms with Gasteiger partial charge in [-0.25, -0.2) is 8.78 Å². The Kier molecular flexibility index (Phi) is 5.22. The standard InChI is InChI=1S/C16H19F2N3/c1-19-11-13-9-14(17)16(15(18)10-13)21(2)8-5-12-3-6-20-7-4-12/h3-4,6-7,9-10,19H,5,8,11H2,1-2H3. The van der Waals surface area contributed by atoms with E-state index in [9.17, 15) is 8.78 Å². The highest BCUT2D eigenvalue weighted by Crippen LogP contribution is 2.24. The van der Waals surface area contributed by atoms with Crippen molar-refractivity contribution in [2.75, 3.05) is 25.5 Å². The Balaban J connectivity index is 2.10. The van der Waals surface area contributed by atoms with E-state index in [0.29, 0.717) is 25.1 Å². The Morgan fingerprint density at radius 3 is 2.29 bits per heavy atom. The van der Waals surface area contributed by atoms with Crippen molar-refractivity contribution in [3.63, 3.8) is 0 Å². The van der Waals surface area contributed by atoms with Gasteiger partial charge in [-0.15, -0.1) is 0 Å². The first-order chi connectivity index (χ1) is 10.1. The van der Waals surface area contributed by atoms with E-state index >= 15 is 0 Å². The quantitative estimate of drug-likeness (QED) is 0.887. The van der Waals surface area contributed by atoms with Gasteiger partial charge in [0.1, 0.15) is 17.3 Å². The Bertz CT molecular complexity index is 564. The van der Waals surface area contributed by atoms with Crippen molar-refractivity contribution in [2.24, 2.45) is 0 Å². The minimum Gasteiger partial charge on any atom is -0.370 e. The van der Waals surface area contributed by atoms with Gasteiger partial charge in [-0.3, -0.25) is 4.98 Å². The minimum atomic E-state index is -0.530. The van der Waals surface area contributed by atoms with Crippen LogP contribution in [0.1, 0.15) is 11.1 Å². The van der Waals surface area contributed by atoms with Gasteiger partial charge in [0, 0.05) is 32.5 Å². The summed E-state index contributed by atoms with van der Waals surface area (Å²) >= 11 is 0. The largest absolute Gasteiger partial charge is 0.370 e. The number of anilines is 1. The van der Waals surface area contributed by atoms with Crippen molar-refractivity contribution >= 4 is 5.69 Å². The number of likely N-dealkylation sites (N-methyl/N-ethyl adjacent to an activating group) is 1. The molecule has 1 aromatic carbocycles. The molecule has 21 heavy (non-hydrogen) atoms. The molecule has 112 valence electrons. The zero-order valence-electron chi connectivity index (χ0n) is 12.2. The molecule has 0 saturated carbocycles. The van der Waals surface area contributed by atoms with E-state index in [1.165, 1.54) is 12.1 Å². The fourth-order valence-electron chi connectivity index (χ4n) is 2.25. The van der Waals surface area contributed by atoms with Crippen LogP contribution in [0.25, 0.3) is 0 Å². The van der Waals surface area contributed by atoms with Crippen molar-refractivity contribution < 1.29 is 8.78 Å². The molecule has 5 heteroatoms. The highest BCUT2D eigenvalue weighted by Gasteiger charge is 2.15. The highest BCUT2D eigenvalue weighted by atomic mass is 19.1. The van der Waals surface area contributed by atoms with Gasteiger partial charge in [-0.2, -0.15) is 0 Å². The highest BCUT2D eigenvalue weighted by molar-refractivity contribution is 5.50. The lowest BCUT2D eigenvalue weighted by molar-refractivity contribution is 0.571. The van der Waals surface area contributed by atoms with Crippen LogP contribution in [0.3, 0.4) is 0 Å². The van der Waals surface area contributed by atoms with E-state index in [2.05, 4.69) is 10.3 Å². The smallest absolute Gasteiger partial charge is 0.149 e. The van der Waals surface area contributed by atoms with Gasteiger partial charge in [0.05, 0.1) is 0 Å². The van der Waals surface area contributed by atoms with Gasteiger partial charge < -0.3 is 10.2 Å². The molecule has 0 unspecified atom stereocenters. The molecule has 0 aliphatic rings. The number of halogens is 2. The molecule has 0 atom stereocenters. The summed E-state index contributed by atoms with van der Waals surface area (Å²) in [4.78, 5) is 5.55. The second-order valence-electron chi connectivity index (χ2n) is 4.97. The molecule has 0 spiro atoms. The van der Waals surface area contributed by atoms with Crippen LogP contribution >= 0.6 is 0 Å². The van der Waals surface area contributed by atoms with Crippen molar-refractivity contribution in [1.82, 2.24) is 10.3 Å². The molecule has 0 saturated heterocycles. The molecule has 2 rings (SSSR count). The predicted octanol–water partition coefficient (Wildman–Crippen LogP) is 2.76. The fraction of sp³-hybridized carbons (Fsp3) is 0.312. The first-order valence-corrected chi connectivity index (χ1v) is 6.84. The molecule has 1 N–H and O–H groups in total. The third-order valence-electron chi connectivity index (χ3n) is 3.32. The van der Waals surface area contributed by atoms with Crippen LogP contribution in [0.5, 0.6) is 0 Å². The third-order valence-corrected chi connectivity index (χ3v) is 3.32. The summed E-state index contributed by atoms with van der Waals surface area (Å²) in [6.45, 7) is 0.970. The molecule has 1 aromatic heterocycles. The van der Waals surface area contributed by atoms with Gasteiger partial charge in [0.15, 0.2) is 0 Å². The summed E-state index contributed by atoms with van der Waals surface area (Å²) in [6.07, 6.45) is 4.13. The monoisotopic (exact) mass is 291 g/mol. The number of nitrogens with one attached hydrogen (secondary N) is 1. The zero-order chi connectivity index (χ0) is 15.2. The first kappa shape index (κ1) is 15.4. The van der Waals surface area contributed by atoms with Gasteiger partial charge in [-0.1, -0.05) is 0 Å². The average Bonchev–Trinajstić information content (AvgIpc) is 2.46. The van der Waals surface area contributed by atoms with E-state index in [4.69, 9.17) is 0 Å². The number of hydrogen-bond donors (Lipinski definition) is 1. The maximum atomic E-state index is 14.1. The molecule has 1 heterocycles. The van der Waals surface area contributed by atoms with Crippen molar-refractivity contribution in [3.8, 4) is 0 Å². The summed E-state index contributed by atoms with van der Waals surface area (Å²) < 4.78 is 28.2. The van der Waals surface area contributed by atoms with Crippen LogP contribution in [0.4, 0.5) is 14.5 Å². The average molecular weight is 291 g/mol. The molecule has 2 aromatic rings. The predicted molar refractivity (Wildman–Crippen MR) is 80.3 cm³/mol. The summed E-state index contributed by atoms with van der Waals surface area (Å²) in [6, 6.07) is 6.54. The Morgan fingerprint density at radius 2 is 1.71 bits per heavy atom. The van der Waals surface area contributed by atoms with Crippen LogP contribution < -0.4 is 10.2 Å². The number of benzene rings is 1. The van der Waals surface area contributed by atoms with Crippen LogP contribution in [-0.4, -0.2) is 25.6 Å². The number of pyridine rings is 1. The maximum Gasteiger partial charge on any atom is 0.149 e. The summed E-state index contributed by atoms with van der Waals surface area (Å²) in [5.41, 5.74) is 1.70. The summed E-state index contributed by atoms with van der Waals surface area (Å²) in [5, 5.41) is 2.88. The normalized spacial score (nSPS) is 10.7. The van der Waals surface area contributed by atoms with Gasteiger partial charge in [0.2, 0.25) is 0 Å². The Morgan fingerprint density at radius 1 is 1.10 bits per heavy atom. The molecular weight excluding hydrogens is 272 g/mol. The lowest BCUT2D eigenvalue weighted by Gasteiger charge is -2.21. The summed E-state index contributed by atoms with van der Waals surface area (Å²) in [7, 11) is 3.44. The molecule has 0 aliphatic heterocycles. The van der Waals surface area contributed by atoms with Crippen LogP contribution in [0.15, 0.2) is 36.7 Å². The molecule has 0 radical (unpaired) electrons. The second-order valence-corrected chi connectivity index (χ2v) is 4.97. The van der Waals surface area contributed by atoms with Crippen LogP contribution in [0, 0.1) is 11.6 Å². The molecule has 0 amide bonds. The molecule has 3 nitrogen and oxygen atoms in total. The number of aromatic nitrogens is 1. The summed E-state index contributed by atoms with van der Waals surface area (Å²) in [5.74, 6) is -1.06. The number of nitrogens with zero attached hydrogens (tertiary/aromatic N) is 2. The first-order valence-electron chi connectivity index (χ1n) is 6.84. The number of rotatable bonds is 6.